The molecule has 0 aliphatic rings. The van der Waals surface area contributed by atoms with Gasteiger partial charge in [-0.15, -0.1) is 0 Å². The van der Waals surface area contributed by atoms with Gasteiger partial charge in [-0.05, 0) is 43.3 Å². The Balaban J connectivity index is 1.72. The van der Waals surface area contributed by atoms with Crippen molar-refractivity contribution in [3.05, 3.63) is 103 Å². The zero-order valence-electron chi connectivity index (χ0n) is 19.7. The van der Waals surface area contributed by atoms with E-state index < -0.39 is 21.7 Å². The van der Waals surface area contributed by atoms with Gasteiger partial charge in [0.15, 0.2) is 0 Å². The molecule has 0 heterocycles. The molecule has 0 fully saturated rings. The second kappa shape index (κ2) is 12.3. The number of carbonyl (C=O) groups is 2. The van der Waals surface area contributed by atoms with Crippen LogP contribution in [0.1, 0.15) is 38.8 Å². The van der Waals surface area contributed by atoms with E-state index in [0.717, 1.165) is 12.4 Å². The van der Waals surface area contributed by atoms with Gasteiger partial charge in [0.2, 0.25) is 0 Å². The van der Waals surface area contributed by atoms with Gasteiger partial charge in [0, 0.05) is 46.5 Å². The van der Waals surface area contributed by atoms with Crippen LogP contribution in [0.5, 0.6) is 11.5 Å². The van der Waals surface area contributed by atoms with Crippen molar-refractivity contribution < 1.29 is 29.3 Å². The maximum atomic E-state index is 12.2. The average Bonchev–Trinajstić information content (AvgIpc) is 2.91. The summed E-state index contributed by atoms with van der Waals surface area (Å²) in [6, 6.07) is 12.8. The Hall–Kier alpha value is -5.66. The Morgan fingerprint density at radius 2 is 1.24 bits per heavy atom. The van der Waals surface area contributed by atoms with Crippen LogP contribution in [0.4, 0.5) is 11.4 Å². The lowest BCUT2D eigenvalue weighted by molar-refractivity contribution is -0.385. The highest BCUT2D eigenvalue weighted by Crippen LogP contribution is 2.26. The van der Waals surface area contributed by atoms with Gasteiger partial charge in [0.05, 0.1) is 28.9 Å². The number of amides is 2. The first kappa shape index (κ1) is 26.9. The van der Waals surface area contributed by atoms with Gasteiger partial charge in [0.1, 0.15) is 11.5 Å². The number of hydrazone groups is 2. The second-order valence-corrected chi connectivity index (χ2v) is 7.39. The molecule has 14 nitrogen and oxygen atoms in total. The summed E-state index contributed by atoms with van der Waals surface area (Å²) in [7, 11) is 0. The normalized spacial score (nSPS) is 10.9. The van der Waals surface area contributed by atoms with Gasteiger partial charge in [-0.3, -0.25) is 29.8 Å². The highest BCUT2D eigenvalue weighted by Gasteiger charge is 2.12. The number of phenols is 1. The van der Waals surface area contributed by atoms with Crippen LogP contribution in [0.3, 0.4) is 0 Å². The van der Waals surface area contributed by atoms with Crippen LogP contribution < -0.4 is 15.6 Å². The highest BCUT2D eigenvalue weighted by molar-refractivity contribution is 5.97. The monoisotopic (exact) mass is 520 g/mol. The van der Waals surface area contributed by atoms with Crippen molar-refractivity contribution >= 4 is 35.6 Å². The van der Waals surface area contributed by atoms with E-state index in [9.17, 15) is 34.9 Å². The number of ether oxygens (including phenoxy) is 1. The third-order valence-corrected chi connectivity index (χ3v) is 4.87. The van der Waals surface area contributed by atoms with Gasteiger partial charge in [-0.2, -0.15) is 10.2 Å². The van der Waals surface area contributed by atoms with Crippen molar-refractivity contribution in [1.82, 2.24) is 10.9 Å². The number of non-ortho nitro benzene ring substituents is 2. The Bertz CT molecular complexity index is 1320. The lowest BCUT2D eigenvalue weighted by Gasteiger charge is -2.09. The van der Waals surface area contributed by atoms with Crippen LogP contribution >= 0.6 is 0 Å². The molecule has 0 saturated heterocycles. The van der Waals surface area contributed by atoms with Crippen molar-refractivity contribution in [2.24, 2.45) is 10.2 Å². The Morgan fingerprint density at radius 3 is 1.58 bits per heavy atom. The van der Waals surface area contributed by atoms with Crippen molar-refractivity contribution in [3.8, 4) is 11.5 Å². The summed E-state index contributed by atoms with van der Waals surface area (Å²) >= 11 is 0. The van der Waals surface area contributed by atoms with Crippen LogP contribution in [0.15, 0.2) is 70.9 Å². The summed E-state index contributed by atoms with van der Waals surface area (Å²) in [6.45, 7) is 2.06. The van der Waals surface area contributed by atoms with Gasteiger partial charge in [-0.25, -0.2) is 10.9 Å². The third-order valence-electron chi connectivity index (χ3n) is 4.87. The van der Waals surface area contributed by atoms with Gasteiger partial charge < -0.3 is 9.84 Å². The Morgan fingerprint density at radius 1 is 0.842 bits per heavy atom. The van der Waals surface area contributed by atoms with E-state index in [2.05, 4.69) is 21.1 Å². The summed E-state index contributed by atoms with van der Waals surface area (Å²) in [5.41, 5.74) is 4.77. The lowest BCUT2D eigenvalue weighted by Crippen LogP contribution is -2.17. The molecule has 0 saturated carbocycles. The van der Waals surface area contributed by atoms with Crippen molar-refractivity contribution in [2.45, 2.75) is 6.92 Å². The molecule has 194 valence electrons. The third kappa shape index (κ3) is 6.94. The number of hydrogen-bond acceptors (Lipinski definition) is 10. The number of nitrogens with zero attached hydrogens (tertiary/aromatic N) is 4. The van der Waals surface area contributed by atoms with Gasteiger partial charge in [-0.1, -0.05) is 0 Å². The number of aromatic hydroxyl groups is 1. The molecule has 0 aromatic heterocycles. The first-order valence-corrected chi connectivity index (χ1v) is 10.8. The molecule has 3 N–H and O–H groups in total. The largest absolute Gasteiger partial charge is 0.507 e. The minimum Gasteiger partial charge on any atom is -0.507 e. The maximum Gasteiger partial charge on any atom is 0.271 e. The molecule has 0 aliphatic heterocycles. The molecular formula is C24H20N6O8. The Labute approximate surface area is 214 Å². The number of hydrogen-bond donors (Lipinski definition) is 3. The summed E-state index contributed by atoms with van der Waals surface area (Å²) in [6.07, 6.45) is 2.32. The van der Waals surface area contributed by atoms with Crippen molar-refractivity contribution in [2.75, 3.05) is 6.61 Å². The quantitative estimate of drug-likeness (QED) is 0.206. The molecule has 0 unspecified atom stereocenters. The number of carbonyl (C=O) groups excluding carboxylic acids is 2. The fourth-order valence-corrected chi connectivity index (χ4v) is 3.02. The predicted molar refractivity (Wildman–Crippen MR) is 136 cm³/mol. The van der Waals surface area contributed by atoms with E-state index in [0.29, 0.717) is 12.4 Å². The molecule has 0 spiro atoms. The van der Waals surface area contributed by atoms with Crippen LogP contribution in [0, 0.1) is 20.2 Å². The minimum absolute atomic E-state index is 0.136. The topological polar surface area (TPSA) is 199 Å². The van der Waals surface area contributed by atoms with Crippen LogP contribution in [-0.2, 0) is 0 Å². The summed E-state index contributed by atoms with van der Waals surface area (Å²) in [4.78, 5) is 44.8. The number of benzene rings is 3. The van der Waals surface area contributed by atoms with Crippen LogP contribution in [0.2, 0.25) is 0 Å². The average molecular weight is 520 g/mol. The first-order chi connectivity index (χ1) is 18.2. The first-order valence-electron chi connectivity index (χ1n) is 10.8. The van der Waals surface area contributed by atoms with E-state index in [-0.39, 0.29) is 39.4 Å². The molecule has 14 heteroatoms. The molecular weight excluding hydrogens is 500 g/mol. The van der Waals surface area contributed by atoms with E-state index >= 15 is 0 Å². The summed E-state index contributed by atoms with van der Waals surface area (Å²) in [5, 5.41) is 39.7. The van der Waals surface area contributed by atoms with Crippen molar-refractivity contribution in [3.63, 3.8) is 0 Å². The van der Waals surface area contributed by atoms with Crippen LogP contribution in [-0.4, -0.2) is 45.8 Å². The number of phenolic OH excluding ortho intramolecular Hbond substituents is 1. The molecule has 3 aromatic rings. The molecule has 3 aromatic carbocycles. The van der Waals surface area contributed by atoms with Crippen LogP contribution in [0.25, 0.3) is 0 Å². The molecule has 0 bridgehead atoms. The smallest absolute Gasteiger partial charge is 0.271 e. The zero-order chi connectivity index (χ0) is 27.7. The number of nitro groups is 2. The lowest BCUT2D eigenvalue weighted by atomic mass is 10.1. The van der Waals surface area contributed by atoms with E-state index in [1.165, 1.54) is 60.7 Å². The van der Waals surface area contributed by atoms with Crippen molar-refractivity contribution in [1.29, 1.82) is 0 Å². The molecule has 3 rings (SSSR count). The molecule has 0 radical (unpaired) electrons. The molecule has 0 atom stereocenters. The molecule has 38 heavy (non-hydrogen) atoms. The number of nitro benzene ring substituents is 2. The van der Waals surface area contributed by atoms with E-state index in [1.807, 2.05) is 0 Å². The summed E-state index contributed by atoms with van der Waals surface area (Å²) < 4.78 is 5.48. The summed E-state index contributed by atoms with van der Waals surface area (Å²) in [5.74, 6) is -1.20. The fourth-order valence-electron chi connectivity index (χ4n) is 3.02. The fraction of sp³-hybridized carbons (Fsp3) is 0.0833. The maximum absolute atomic E-state index is 12.2. The second-order valence-electron chi connectivity index (χ2n) is 7.39. The minimum atomic E-state index is -0.632. The van der Waals surface area contributed by atoms with Gasteiger partial charge >= 0.3 is 0 Å². The predicted octanol–water partition coefficient (Wildman–Crippen LogP) is 3.14. The van der Waals surface area contributed by atoms with Gasteiger partial charge in [0.25, 0.3) is 23.2 Å². The zero-order valence-corrected chi connectivity index (χ0v) is 19.7. The standard InChI is InChI=1S/C24H20N6O8/c1-2-38-21-11-17(13-25-27-23(32)15-3-7-19(8-4-15)29(34)35)22(31)18(12-21)14-26-28-24(33)16-5-9-20(10-6-16)30(36)37/h3-14,31H,2H2,1H3,(H,27,32)(H,28,33)/b25-13+,26-14?. The Kier molecular flexibility index (Phi) is 8.75. The van der Waals surface area contributed by atoms with E-state index in [1.54, 1.807) is 6.92 Å². The highest BCUT2D eigenvalue weighted by atomic mass is 16.6. The number of rotatable bonds is 10. The SMILES string of the molecule is CCOc1cc(C=NNC(=O)c2ccc([N+](=O)[O-])cc2)c(O)c(/C=N/NC(=O)c2ccc([N+](=O)[O-])cc2)c1. The molecule has 0 aliphatic carbocycles. The van der Waals surface area contributed by atoms with E-state index in [4.69, 9.17) is 4.74 Å². The number of nitrogens with one attached hydrogen (secondary N) is 2. The molecule has 2 amide bonds.